The molecule has 0 radical (unpaired) electrons. The van der Waals surface area contributed by atoms with Crippen molar-refractivity contribution < 1.29 is 14.3 Å². The van der Waals surface area contributed by atoms with E-state index < -0.39 is 0 Å². The van der Waals surface area contributed by atoms with Crippen molar-refractivity contribution in [2.45, 2.75) is 36.2 Å². The molecule has 1 N–H and O–H groups in total. The lowest BCUT2D eigenvalue weighted by Gasteiger charge is -2.18. The molecule has 0 aliphatic carbocycles. The summed E-state index contributed by atoms with van der Waals surface area (Å²) in [6.07, 6.45) is 4.20. The molecule has 0 spiro atoms. The van der Waals surface area contributed by atoms with Gasteiger partial charge in [-0.25, -0.2) is 9.97 Å². The topological polar surface area (TPSA) is 102 Å². The van der Waals surface area contributed by atoms with E-state index in [0.717, 1.165) is 25.9 Å². The number of ether oxygens (including phenoxy) is 2. The van der Waals surface area contributed by atoms with Gasteiger partial charge in [-0.15, -0.1) is 0 Å². The van der Waals surface area contributed by atoms with Gasteiger partial charge in [0.1, 0.15) is 10.7 Å². The highest BCUT2D eigenvalue weighted by Gasteiger charge is 2.23. The van der Waals surface area contributed by atoms with Crippen LogP contribution in [0.4, 0.5) is 11.8 Å². The van der Waals surface area contributed by atoms with Gasteiger partial charge in [-0.2, -0.15) is 9.97 Å². The second kappa shape index (κ2) is 8.85. The number of rotatable bonds is 7. The molecule has 9 nitrogen and oxygen atoms in total. The standard InChI is InChI=1S/C17H22N6O3S/c1-4-12(24)19-11-7-8-18-17(20-11)27-13-14(25-2)21-16(22-15(13)26-3)23-9-5-6-10-23/h7-8H,4-6,9-10H2,1-3H3,(H,18,19,20,24). The summed E-state index contributed by atoms with van der Waals surface area (Å²) >= 11 is 1.22. The first-order valence-electron chi connectivity index (χ1n) is 8.70. The number of nitrogens with one attached hydrogen (secondary N) is 1. The fourth-order valence-corrected chi connectivity index (χ4v) is 3.48. The van der Waals surface area contributed by atoms with Crippen LogP contribution in [0.15, 0.2) is 22.3 Å². The average Bonchev–Trinajstić information content (AvgIpc) is 3.23. The molecule has 1 aliphatic heterocycles. The summed E-state index contributed by atoms with van der Waals surface area (Å²) in [6.45, 7) is 3.61. The number of hydrogen-bond donors (Lipinski definition) is 1. The van der Waals surface area contributed by atoms with E-state index in [0.29, 0.717) is 40.0 Å². The van der Waals surface area contributed by atoms with Gasteiger partial charge in [0.15, 0.2) is 5.16 Å². The van der Waals surface area contributed by atoms with E-state index in [2.05, 4.69) is 30.2 Å². The first-order valence-corrected chi connectivity index (χ1v) is 9.52. The average molecular weight is 390 g/mol. The van der Waals surface area contributed by atoms with E-state index in [4.69, 9.17) is 9.47 Å². The normalized spacial score (nSPS) is 13.5. The van der Waals surface area contributed by atoms with Crippen LogP contribution in [0.2, 0.25) is 0 Å². The molecular weight excluding hydrogens is 368 g/mol. The monoisotopic (exact) mass is 390 g/mol. The Kier molecular flexibility index (Phi) is 6.28. The minimum absolute atomic E-state index is 0.113. The molecule has 3 heterocycles. The van der Waals surface area contributed by atoms with Gasteiger partial charge in [0.25, 0.3) is 0 Å². The van der Waals surface area contributed by atoms with Gasteiger partial charge in [-0.1, -0.05) is 6.92 Å². The zero-order valence-corrected chi connectivity index (χ0v) is 16.4. The van der Waals surface area contributed by atoms with E-state index in [9.17, 15) is 4.79 Å². The summed E-state index contributed by atoms with van der Waals surface area (Å²) < 4.78 is 10.9. The Morgan fingerprint density at radius 3 is 2.44 bits per heavy atom. The van der Waals surface area contributed by atoms with Crippen molar-refractivity contribution in [3.63, 3.8) is 0 Å². The number of methoxy groups -OCH3 is 2. The van der Waals surface area contributed by atoms with Gasteiger partial charge < -0.3 is 19.7 Å². The molecule has 0 saturated carbocycles. The molecule has 0 atom stereocenters. The van der Waals surface area contributed by atoms with Crippen LogP contribution in [-0.2, 0) is 4.79 Å². The molecular formula is C17H22N6O3S. The zero-order valence-electron chi connectivity index (χ0n) is 15.6. The zero-order chi connectivity index (χ0) is 19.2. The SMILES string of the molecule is CCC(=O)Nc1ccnc(Sc2c(OC)nc(N3CCCC3)nc2OC)n1. The van der Waals surface area contributed by atoms with E-state index in [-0.39, 0.29) is 5.91 Å². The van der Waals surface area contributed by atoms with Crippen LogP contribution < -0.4 is 19.7 Å². The van der Waals surface area contributed by atoms with Crippen LogP contribution in [0.25, 0.3) is 0 Å². The fraction of sp³-hybridized carbons (Fsp3) is 0.471. The maximum atomic E-state index is 11.6. The van der Waals surface area contributed by atoms with Gasteiger partial charge in [-0.05, 0) is 30.7 Å². The molecule has 144 valence electrons. The van der Waals surface area contributed by atoms with Crippen LogP contribution in [0.3, 0.4) is 0 Å². The molecule has 1 saturated heterocycles. The van der Waals surface area contributed by atoms with E-state index in [1.165, 1.54) is 11.8 Å². The largest absolute Gasteiger partial charge is 0.480 e. The Bertz CT molecular complexity index is 788. The van der Waals surface area contributed by atoms with Crippen LogP contribution >= 0.6 is 11.8 Å². The summed E-state index contributed by atoms with van der Waals surface area (Å²) in [5.41, 5.74) is 0. The summed E-state index contributed by atoms with van der Waals surface area (Å²) in [7, 11) is 3.11. The first kappa shape index (κ1) is 19.2. The van der Waals surface area contributed by atoms with Gasteiger partial charge >= 0.3 is 0 Å². The number of carbonyl (C=O) groups excluding carboxylic acids is 1. The molecule has 1 aliphatic rings. The molecule has 0 bridgehead atoms. The van der Waals surface area contributed by atoms with Gasteiger partial charge in [0, 0.05) is 25.7 Å². The number of aromatic nitrogens is 4. The minimum Gasteiger partial charge on any atom is -0.480 e. The lowest BCUT2D eigenvalue weighted by atomic mass is 10.4. The second-order valence-corrected chi connectivity index (χ2v) is 6.77. The van der Waals surface area contributed by atoms with E-state index >= 15 is 0 Å². The van der Waals surface area contributed by atoms with Gasteiger partial charge in [0.2, 0.25) is 23.6 Å². The van der Waals surface area contributed by atoms with Gasteiger partial charge in [0.05, 0.1) is 14.2 Å². The Morgan fingerprint density at radius 2 is 1.85 bits per heavy atom. The minimum atomic E-state index is -0.113. The number of carbonyl (C=O) groups is 1. The Morgan fingerprint density at radius 1 is 1.19 bits per heavy atom. The maximum Gasteiger partial charge on any atom is 0.236 e. The number of nitrogens with zero attached hydrogens (tertiary/aromatic N) is 5. The summed E-state index contributed by atoms with van der Waals surface area (Å²) in [5.74, 6) is 1.72. The molecule has 27 heavy (non-hydrogen) atoms. The second-order valence-electron chi connectivity index (χ2n) is 5.79. The highest BCUT2D eigenvalue weighted by molar-refractivity contribution is 7.99. The summed E-state index contributed by atoms with van der Waals surface area (Å²) in [6, 6.07) is 1.64. The first-order chi connectivity index (χ1) is 13.1. The van der Waals surface area contributed by atoms with Crippen molar-refractivity contribution in [3.05, 3.63) is 12.3 Å². The molecule has 10 heteroatoms. The van der Waals surface area contributed by atoms with Crippen LogP contribution in [0, 0.1) is 0 Å². The predicted octanol–water partition coefficient (Wildman–Crippen LogP) is 2.38. The van der Waals surface area contributed by atoms with Crippen molar-refractivity contribution in [1.82, 2.24) is 19.9 Å². The van der Waals surface area contributed by atoms with Crippen molar-refractivity contribution in [1.29, 1.82) is 0 Å². The Hall–Kier alpha value is -2.62. The predicted molar refractivity (Wildman–Crippen MR) is 102 cm³/mol. The summed E-state index contributed by atoms with van der Waals surface area (Å²) in [4.78, 5) is 31.9. The third-order valence-electron chi connectivity index (χ3n) is 3.98. The fourth-order valence-electron chi connectivity index (χ4n) is 2.60. The van der Waals surface area contributed by atoms with E-state index in [1.807, 2.05) is 0 Å². The molecule has 1 fully saturated rings. The molecule has 1 amide bonds. The molecule has 2 aromatic heterocycles. The lowest BCUT2D eigenvalue weighted by molar-refractivity contribution is -0.115. The van der Waals surface area contributed by atoms with Crippen LogP contribution in [0.1, 0.15) is 26.2 Å². The van der Waals surface area contributed by atoms with Crippen molar-refractivity contribution in [2.24, 2.45) is 0 Å². The highest BCUT2D eigenvalue weighted by atomic mass is 32.2. The highest BCUT2D eigenvalue weighted by Crippen LogP contribution is 2.40. The van der Waals surface area contributed by atoms with Crippen molar-refractivity contribution >= 4 is 29.4 Å². The maximum absolute atomic E-state index is 11.6. The molecule has 0 unspecified atom stereocenters. The number of amides is 1. The third-order valence-corrected chi connectivity index (χ3v) is 4.92. The van der Waals surface area contributed by atoms with Crippen LogP contribution in [0.5, 0.6) is 11.8 Å². The quantitative estimate of drug-likeness (QED) is 0.714. The molecule has 3 rings (SSSR count). The van der Waals surface area contributed by atoms with Gasteiger partial charge in [-0.3, -0.25) is 4.79 Å². The lowest BCUT2D eigenvalue weighted by Crippen LogP contribution is -2.21. The molecule has 2 aromatic rings. The Balaban J connectivity index is 1.89. The molecule has 0 aromatic carbocycles. The van der Waals surface area contributed by atoms with E-state index in [1.54, 1.807) is 33.4 Å². The van der Waals surface area contributed by atoms with Crippen molar-refractivity contribution in [3.8, 4) is 11.8 Å². The van der Waals surface area contributed by atoms with Crippen molar-refractivity contribution in [2.75, 3.05) is 37.5 Å². The van der Waals surface area contributed by atoms with Crippen LogP contribution in [-0.4, -0.2) is 53.2 Å². The number of anilines is 2. The number of hydrogen-bond acceptors (Lipinski definition) is 9. The Labute approximate surface area is 161 Å². The summed E-state index contributed by atoms with van der Waals surface area (Å²) in [5, 5.41) is 3.15. The smallest absolute Gasteiger partial charge is 0.236 e. The third kappa shape index (κ3) is 4.57.